The van der Waals surface area contributed by atoms with Crippen LogP contribution >= 0.6 is 22.4 Å². The van der Waals surface area contributed by atoms with Gasteiger partial charge in [0.25, 0.3) is 0 Å². The van der Waals surface area contributed by atoms with E-state index in [1.165, 1.54) is 12.1 Å². The maximum absolute atomic E-state index is 12.9. The van der Waals surface area contributed by atoms with Crippen molar-refractivity contribution in [2.75, 3.05) is 13.1 Å². The summed E-state index contributed by atoms with van der Waals surface area (Å²) in [5.41, 5.74) is 0.373. The summed E-state index contributed by atoms with van der Waals surface area (Å²) in [6.45, 7) is 1.25. The molecule has 5 nitrogen and oxygen atoms in total. The van der Waals surface area contributed by atoms with E-state index in [2.05, 4.69) is 10.6 Å². The molecule has 8 heteroatoms. The van der Waals surface area contributed by atoms with Gasteiger partial charge in [-0.15, -0.1) is 0 Å². The summed E-state index contributed by atoms with van der Waals surface area (Å²) in [5.74, 6) is 0.0579. The van der Waals surface area contributed by atoms with Gasteiger partial charge in [0.15, 0.2) is 0 Å². The van der Waals surface area contributed by atoms with E-state index < -0.39 is 8.87 Å². The number of rotatable bonds is 5. The van der Waals surface area contributed by atoms with Gasteiger partial charge >= 0.3 is 0 Å². The Bertz CT molecular complexity index is 903. The highest BCUT2D eigenvalue weighted by Gasteiger charge is 2.27. The van der Waals surface area contributed by atoms with Crippen molar-refractivity contribution in [2.45, 2.75) is 4.90 Å². The van der Waals surface area contributed by atoms with Gasteiger partial charge in [-0.2, -0.15) is 0 Å². The average Bonchev–Trinajstić information content (AvgIpc) is 3.15. The molecule has 0 aliphatic carbocycles. The fraction of sp³-hybridized carbons (Fsp3) is 0.118. The summed E-state index contributed by atoms with van der Waals surface area (Å²) in [7, 11) is -3.18. The van der Waals surface area contributed by atoms with E-state index in [9.17, 15) is 13.2 Å². The molecule has 2 N–H and O–H groups in total. The van der Waals surface area contributed by atoms with Gasteiger partial charge in [-0.3, -0.25) is 4.79 Å². The van der Waals surface area contributed by atoms with E-state index in [0.717, 1.165) is 0 Å². The third-order valence-electron chi connectivity index (χ3n) is 3.49. The smallest absolute Gasteiger partial charge is 0.234 e. The number of carbonyl (C=O) groups is 1. The van der Waals surface area contributed by atoms with E-state index in [1.54, 1.807) is 42.5 Å². The minimum absolute atomic E-state index is 0.115. The van der Waals surface area contributed by atoms with E-state index in [-0.39, 0.29) is 15.6 Å². The van der Waals surface area contributed by atoms with Crippen LogP contribution in [0.1, 0.15) is 10.4 Å². The second-order valence-corrected chi connectivity index (χ2v) is 9.45. The molecule has 0 bridgehead atoms. The Hall–Kier alpha value is -1.96. The number of allylic oxidation sites excluding steroid dienone is 1. The molecular formula is C17H15ClN2O3S2. The molecule has 130 valence electrons. The van der Waals surface area contributed by atoms with Gasteiger partial charge in [0.05, 0.1) is 4.90 Å². The number of ketones is 1. The SMILES string of the molecule is O=C(C(SS(=O)(=O)c1ccccc1)=C1NCCN1)c1ccc(Cl)cc1. The van der Waals surface area contributed by atoms with E-state index in [4.69, 9.17) is 11.6 Å². The van der Waals surface area contributed by atoms with Crippen molar-refractivity contribution in [3.05, 3.63) is 75.9 Å². The molecule has 0 unspecified atom stereocenters. The third-order valence-corrected chi connectivity index (χ3v) is 7.11. The molecule has 1 aliphatic heterocycles. The van der Waals surface area contributed by atoms with Crippen molar-refractivity contribution in [1.82, 2.24) is 10.6 Å². The predicted octanol–water partition coefficient (Wildman–Crippen LogP) is 3.01. The highest BCUT2D eigenvalue weighted by atomic mass is 35.5. The normalized spacial score (nSPS) is 13.9. The zero-order chi connectivity index (χ0) is 17.9. The van der Waals surface area contributed by atoms with Gasteiger partial charge in [0.2, 0.25) is 14.7 Å². The van der Waals surface area contributed by atoms with Crippen molar-refractivity contribution < 1.29 is 13.2 Å². The largest absolute Gasteiger partial charge is 0.369 e. The molecule has 0 amide bonds. The second-order valence-electron chi connectivity index (χ2n) is 5.24. The first-order chi connectivity index (χ1) is 12.0. The van der Waals surface area contributed by atoms with Crippen LogP contribution in [-0.2, 0) is 8.87 Å². The number of hydrogen-bond acceptors (Lipinski definition) is 6. The molecule has 2 aromatic carbocycles. The summed E-state index contributed by atoms with van der Waals surface area (Å²) in [5, 5.41) is 6.57. The van der Waals surface area contributed by atoms with Crippen LogP contribution in [0.15, 0.2) is 70.2 Å². The standard InChI is InChI=1S/C17H15ClN2O3S2/c18-13-8-6-12(7-9-13)15(21)16(17-19-10-11-20-17)24-25(22,23)14-4-2-1-3-5-14/h1-9,19-20H,10-11H2. The molecule has 3 rings (SSSR count). The first kappa shape index (κ1) is 17.8. The Morgan fingerprint density at radius 3 is 2.16 bits per heavy atom. The summed E-state index contributed by atoms with van der Waals surface area (Å²) in [6, 6.07) is 14.4. The van der Waals surface area contributed by atoms with Crippen molar-refractivity contribution in [3.63, 3.8) is 0 Å². The summed E-state index contributed by atoms with van der Waals surface area (Å²) >= 11 is 5.86. The molecule has 1 heterocycles. The molecule has 25 heavy (non-hydrogen) atoms. The minimum atomic E-state index is -3.73. The number of hydrogen-bond donors (Lipinski definition) is 2. The number of nitrogens with one attached hydrogen (secondary N) is 2. The summed E-state index contributed by atoms with van der Waals surface area (Å²) < 4.78 is 25.4. The number of halogens is 1. The highest BCUT2D eigenvalue weighted by molar-refractivity contribution is 8.73. The third kappa shape index (κ3) is 4.18. The van der Waals surface area contributed by atoms with Crippen LogP contribution in [0.2, 0.25) is 5.02 Å². The Kier molecular flexibility index (Phi) is 5.36. The molecule has 0 radical (unpaired) electrons. The molecular weight excluding hydrogens is 380 g/mol. The zero-order valence-corrected chi connectivity index (χ0v) is 15.4. The maximum Gasteiger partial charge on any atom is 0.234 e. The summed E-state index contributed by atoms with van der Waals surface area (Å²) in [6.07, 6.45) is 0. The highest BCUT2D eigenvalue weighted by Crippen LogP contribution is 2.33. The van der Waals surface area contributed by atoms with Gasteiger partial charge in [0.1, 0.15) is 10.7 Å². The van der Waals surface area contributed by atoms with E-state index >= 15 is 0 Å². The van der Waals surface area contributed by atoms with Gasteiger partial charge < -0.3 is 10.6 Å². The fourth-order valence-corrected chi connectivity index (χ4v) is 5.38. The lowest BCUT2D eigenvalue weighted by Crippen LogP contribution is -2.18. The molecule has 0 saturated carbocycles. The van der Waals surface area contributed by atoms with Crippen molar-refractivity contribution in [1.29, 1.82) is 0 Å². The lowest BCUT2D eigenvalue weighted by Gasteiger charge is -2.11. The van der Waals surface area contributed by atoms with Crippen molar-refractivity contribution in [2.24, 2.45) is 0 Å². The Labute approximate surface area is 154 Å². The van der Waals surface area contributed by atoms with Gasteiger partial charge in [0, 0.05) is 34.5 Å². The number of benzene rings is 2. The van der Waals surface area contributed by atoms with E-state index in [0.29, 0.717) is 40.3 Å². The van der Waals surface area contributed by atoms with Gasteiger partial charge in [-0.05, 0) is 36.4 Å². The molecule has 0 spiro atoms. The summed E-state index contributed by atoms with van der Waals surface area (Å²) in [4.78, 5) is 13.2. The minimum Gasteiger partial charge on any atom is -0.369 e. The van der Waals surface area contributed by atoms with Crippen LogP contribution in [0.3, 0.4) is 0 Å². The van der Waals surface area contributed by atoms with Crippen LogP contribution in [0, 0.1) is 0 Å². The van der Waals surface area contributed by atoms with Gasteiger partial charge in [-0.25, -0.2) is 8.42 Å². The number of Topliss-reactive ketones (excluding diaryl/α,β-unsaturated/α-hetero) is 1. The molecule has 1 fully saturated rings. The van der Waals surface area contributed by atoms with Crippen LogP contribution in [-0.4, -0.2) is 27.3 Å². The Morgan fingerprint density at radius 1 is 0.960 bits per heavy atom. The zero-order valence-electron chi connectivity index (χ0n) is 13.0. The fourth-order valence-electron chi connectivity index (χ4n) is 2.27. The maximum atomic E-state index is 12.9. The van der Waals surface area contributed by atoms with Crippen LogP contribution < -0.4 is 10.6 Å². The van der Waals surface area contributed by atoms with Crippen molar-refractivity contribution in [3.8, 4) is 0 Å². The topological polar surface area (TPSA) is 75.3 Å². The average molecular weight is 395 g/mol. The Morgan fingerprint density at radius 2 is 1.56 bits per heavy atom. The molecule has 0 aromatic heterocycles. The quantitative estimate of drug-likeness (QED) is 0.461. The molecule has 1 aliphatic rings. The lowest BCUT2D eigenvalue weighted by molar-refractivity contribution is 0.104. The van der Waals surface area contributed by atoms with E-state index in [1.807, 2.05) is 0 Å². The van der Waals surface area contributed by atoms with Crippen LogP contribution in [0.5, 0.6) is 0 Å². The first-order valence-electron chi connectivity index (χ1n) is 7.49. The van der Waals surface area contributed by atoms with Crippen LogP contribution in [0.25, 0.3) is 0 Å². The monoisotopic (exact) mass is 394 g/mol. The van der Waals surface area contributed by atoms with Crippen molar-refractivity contribution >= 4 is 37.0 Å². The second kappa shape index (κ2) is 7.51. The molecule has 2 aromatic rings. The Balaban J connectivity index is 1.98. The predicted molar refractivity (Wildman–Crippen MR) is 100 cm³/mol. The number of carbonyl (C=O) groups excluding carboxylic acids is 1. The van der Waals surface area contributed by atoms with Crippen LogP contribution in [0.4, 0.5) is 0 Å². The first-order valence-corrected chi connectivity index (χ1v) is 10.7. The molecule has 0 atom stereocenters. The lowest BCUT2D eigenvalue weighted by atomic mass is 10.1. The van der Waals surface area contributed by atoms with Gasteiger partial charge in [-0.1, -0.05) is 29.8 Å². The molecule has 1 saturated heterocycles.